The van der Waals surface area contributed by atoms with Crippen LogP contribution in [0.25, 0.3) is 22.6 Å². The molecule has 168 valence electrons. The minimum atomic E-state index is -0.801. The zero-order valence-corrected chi connectivity index (χ0v) is 21.0. The molecule has 5 rings (SSSR count). The average molecular weight is 620 g/mol. The molecule has 0 N–H and O–H groups in total. The van der Waals surface area contributed by atoms with Gasteiger partial charge >= 0.3 is 21.1 Å². The molecule has 2 aromatic heterocycles. The third kappa shape index (κ3) is 3.75. The van der Waals surface area contributed by atoms with Crippen LogP contribution in [0.4, 0.5) is 8.78 Å². The zero-order chi connectivity index (χ0) is 22.7. The van der Waals surface area contributed by atoms with Crippen molar-refractivity contribution < 1.29 is 29.8 Å². The van der Waals surface area contributed by atoms with Gasteiger partial charge < -0.3 is 0 Å². The first-order chi connectivity index (χ1) is 15.2. The summed E-state index contributed by atoms with van der Waals surface area (Å²) in [5.74, 6) is -1.27. The van der Waals surface area contributed by atoms with Crippen molar-refractivity contribution in [3.05, 3.63) is 107 Å². The normalized spacial score (nSPS) is 13.8. The van der Waals surface area contributed by atoms with Gasteiger partial charge in [-0.2, -0.15) is 6.07 Å². The summed E-state index contributed by atoms with van der Waals surface area (Å²) in [7, 11) is 0. The molecule has 0 atom stereocenters. The summed E-state index contributed by atoms with van der Waals surface area (Å²) in [6.45, 7) is 8.07. The van der Waals surface area contributed by atoms with Crippen molar-refractivity contribution in [3.8, 4) is 22.6 Å². The third-order valence-electron chi connectivity index (χ3n) is 6.47. The number of rotatable bonds is 3. The maximum Gasteiger partial charge on any atom is 2.00 e. The smallest absolute Gasteiger partial charge is 0.294 e. The molecular weight excluding hydrogens is 597 g/mol. The molecular formula is C28H22F2N2Pt. The fraction of sp³-hybridized carbons (Fsp3) is 0.214. The van der Waals surface area contributed by atoms with Crippen LogP contribution in [0.3, 0.4) is 0 Å². The Bertz CT molecular complexity index is 1350. The van der Waals surface area contributed by atoms with Crippen LogP contribution in [-0.4, -0.2) is 9.97 Å². The van der Waals surface area contributed by atoms with Crippen LogP contribution in [-0.2, 0) is 31.9 Å². The molecule has 0 bridgehead atoms. The number of benzene rings is 2. The van der Waals surface area contributed by atoms with Gasteiger partial charge in [-0.1, -0.05) is 45.9 Å². The number of aromatic nitrogens is 2. The Hall–Kier alpha value is -2.71. The van der Waals surface area contributed by atoms with Crippen LogP contribution in [0.2, 0.25) is 0 Å². The second-order valence-electron chi connectivity index (χ2n) is 9.25. The molecule has 5 heteroatoms. The van der Waals surface area contributed by atoms with E-state index in [0.717, 1.165) is 45.9 Å². The summed E-state index contributed by atoms with van der Waals surface area (Å²) in [4.78, 5) is 9.94. The minimum Gasteiger partial charge on any atom is -0.294 e. The number of hydrogen-bond donors (Lipinski definition) is 0. The maximum absolute atomic E-state index is 14.6. The Morgan fingerprint density at radius 3 is 2.24 bits per heavy atom. The molecule has 0 aliphatic heterocycles. The summed E-state index contributed by atoms with van der Waals surface area (Å²) in [6.07, 6.45) is 0. The second-order valence-corrected chi connectivity index (χ2v) is 9.25. The van der Waals surface area contributed by atoms with Crippen molar-refractivity contribution in [3.63, 3.8) is 0 Å². The van der Waals surface area contributed by atoms with Crippen molar-refractivity contribution in [2.75, 3.05) is 0 Å². The van der Waals surface area contributed by atoms with E-state index in [2.05, 4.69) is 38.1 Å². The SMILES string of the molecule is CC(C)(c1ccc2c(n1)-c1nc(-c3[c-]cccc3)ccc1C2(C)C)c1[c-]cc(F)cc1F.[Pt+2]. The van der Waals surface area contributed by atoms with E-state index in [1.165, 1.54) is 0 Å². The Morgan fingerprint density at radius 1 is 0.879 bits per heavy atom. The molecule has 0 saturated heterocycles. The summed E-state index contributed by atoms with van der Waals surface area (Å²) < 4.78 is 28.0. The van der Waals surface area contributed by atoms with E-state index in [1.54, 1.807) is 0 Å². The molecule has 0 fully saturated rings. The molecule has 0 unspecified atom stereocenters. The fourth-order valence-corrected chi connectivity index (χ4v) is 4.54. The van der Waals surface area contributed by atoms with Crippen LogP contribution in [0.15, 0.2) is 60.7 Å². The van der Waals surface area contributed by atoms with Crippen molar-refractivity contribution in [2.45, 2.75) is 38.5 Å². The molecule has 0 radical (unpaired) electrons. The predicted molar refractivity (Wildman–Crippen MR) is 121 cm³/mol. The van der Waals surface area contributed by atoms with E-state index >= 15 is 0 Å². The van der Waals surface area contributed by atoms with Gasteiger partial charge in [0, 0.05) is 28.2 Å². The molecule has 0 amide bonds. The quantitative estimate of drug-likeness (QED) is 0.240. The van der Waals surface area contributed by atoms with Gasteiger partial charge in [-0.15, -0.1) is 53.6 Å². The first kappa shape index (κ1) is 23.4. The van der Waals surface area contributed by atoms with Gasteiger partial charge in [0.2, 0.25) is 0 Å². The molecule has 1 aliphatic carbocycles. The van der Waals surface area contributed by atoms with E-state index in [-0.39, 0.29) is 32.0 Å². The van der Waals surface area contributed by atoms with Gasteiger partial charge in [0.25, 0.3) is 0 Å². The molecule has 2 aromatic carbocycles. The first-order valence-corrected chi connectivity index (χ1v) is 10.6. The summed E-state index contributed by atoms with van der Waals surface area (Å²) in [5.41, 5.74) is 5.48. The van der Waals surface area contributed by atoms with Gasteiger partial charge in [-0.3, -0.25) is 18.7 Å². The molecule has 0 saturated carbocycles. The van der Waals surface area contributed by atoms with Gasteiger partial charge in [0.1, 0.15) is 0 Å². The van der Waals surface area contributed by atoms with Crippen molar-refractivity contribution in [1.82, 2.24) is 9.97 Å². The Kier molecular flexibility index (Phi) is 5.86. The van der Waals surface area contributed by atoms with Gasteiger partial charge in [0.15, 0.2) is 0 Å². The topological polar surface area (TPSA) is 25.8 Å². The average Bonchev–Trinajstić information content (AvgIpc) is 3.00. The number of nitrogens with zero attached hydrogens (tertiary/aromatic N) is 2. The standard InChI is InChI=1S/C28H22F2N2.Pt/c1-27(2)20-12-14-23(17-8-6-5-7-9-17)31-25(20)26-21(27)13-15-24(32-26)28(3,4)19-11-10-18(29)16-22(19)30;/h5-8,10,12-16H,1-4H3;/q-2;+2. The maximum atomic E-state index is 14.6. The summed E-state index contributed by atoms with van der Waals surface area (Å²) in [6, 6.07) is 23.9. The van der Waals surface area contributed by atoms with Crippen LogP contribution in [0.1, 0.15) is 50.1 Å². The van der Waals surface area contributed by atoms with E-state index in [9.17, 15) is 8.78 Å². The third-order valence-corrected chi connectivity index (χ3v) is 6.47. The zero-order valence-electron chi connectivity index (χ0n) is 18.7. The predicted octanol–water partition coefficient (Wildman–Crippen LogP) is 6.65. The van der Waals surface area contributed by atoms with Crippen LogP contribution >= 0.6 is 0 Å². The van der Waals surface area contributed by atoms with Gasteiger partial charge in [-0.25, -0.2) is 0 Å². The van der Waals surface area contributed by atoms with E-state index in [1.807, 2.05) is 50.2 Å². The Balaban J connectivity index is 0.00000259. The number of pyridine rings is 2. The van der Waals surface area contributed by atoms with Gasteiger partial charge in [-0.05, 0) is 22.9 Å². The molecule has 2 nitrogen and oxygen atoms in total. The molecule has 4 aromatic rings. The van der Waals surface area contributed by atoms with E-state index < -0.39 is 17.0 Å². The number of hydrogen-bond acceptors (Lipinski definition) is 2. The van der Waals surface area contributed by atoms with Crippen LogP contribution in [0, 0.1) is 23.8 Å². The van der Waals surface area contributed by atoms with Crippen LogP contribution in [0.5, 0.6) is 0 Å². The van der Waals surface area contributed by atoms with E-state index in [0.29, 0.717) is 5.69 Å². The molecule has 2 heterocycles. The summed E-state index contributed by atoms with van der Waals surface area (Å²) in [5, 5.41) is 0. The van der Waals surface area contributed by atoms with E-state index in [4.69, 9.17) is 9.97 Å². The van der Waals surface area contributed by atoms with Crippen molar-refractivity contribution >= 4 is 0 Å². The number of halogens is 2. The molecule has 1 aliphatic rings. The Labute approximate surface area is 207 Å². The minimum absolute atomic E-state index is 0. The summed E-state index contributed by atoms with van der Waals surface area (Å²) >= 11 is 0. The molecule has 0 spiro atoms. The largest absolute Gasteiger partial charge is 2.00 e. The second kappa shape index (κ2) is 8.25. The van der Waals surface area contributed by atoms with Gasteiger partial charge in [0.05, 0.1) is 11.4 Å². The Morgan fingerprint density at radius 2 is 1.58 bits per heavy atom. The molecule has 33 heavy (non-hydrogen) atoms. The van der Waals surface area contributed by atoms with Crippen LogP contribution < -0.4 is 0 Å². The van der Waals surface area contributed by atoms with Crippen molar-refractivity contribution in [1.29, 1.82) is 0 Å². The number of fused-ring (bicyclic) bond motifs is 3. The fourth-order valence-electron chi connectivity index (χ4n) is 4.54. The first-order valence-electron chi connectivity index (χ1n) is 10.6. The van der Waals surface area contributed by atoms with Crippen molar-refractivity contribution in [2.24, 2.45) is 0 Å². The monoisotopic (exact) mass is 619 g/mol.